The van der Waals surface area contributed by atoms with Crippen LogP contribution in [0, 0.1) is 5.82 Å². The number of hydrogen-bond donors (Lipinski definition) is 2. The summed E-state index contributed by atoms with van der Waals surface area (Å²) in [6.07, 6.45) is 6.31. The highest BCUT2D eigenvalue weighted by atomic mass is 19.1. The van der Waals surface area contributed by atoms with Crippen molar-refractivity contribution in [1.29, 1.82) is 0 Å². The number of aromatic hydroxyl groups is 1. The lowest BCUT2D eigenvalue weighted by atomic mass is 10.1. The Morgan fingerprint density at radius 3 is 2.73 bits per heavy atom. The maximum atomic E-state index is 13.8. The van der Waals surface area contributed by atoms with Gasteiger partial charge in [-0.2, -0.15) is 9.61 Å². The number of pyridine rings is 1. The molecule has 3 heterocycles. The van der Waals surface area contributed by atoms with Crippen molar-refractivity contribution in [1.82, 2.24) is 19.6 Å². The minimum absolute atomic E-state index is 0.164. The normalized spacial score (nSPS) is 15.7. The fourth-order valence-electron chi connectivity index (χ4n) is 4.11. The van der Waals surface area contributed by atoms with Gasteiger partial charge in [0.25, 0.3) is 0 Å². The van der Waals surface area contributed by atoms with Crippen LogP contribution in [0.1, 0.15) is 36.5 Å². The number of phenols is 1. The van der Waals surface area contributed by atoms with Crippen LogP contribution in [0.2, 0.25) is 0 Å². The van der Waals surface area contributed by atoms with Gasteiger partial charge in [0, 0.05) is 29.4 Å². The molecule has 0 radical (unpaired) electrons. The van der Waals surface area contributed by atoms with E-state index in [9.17, 15) is 9.50 Å². The van der Waals surface area contributed by atoms with Crippen LogP contribution in [-0.2, 0) is 12.8 Å². The van der Waals surface area contributed by atoms with Crippen molar-refractivity contribution in [2.24, 2.45) is 0 Å². The van der Waals surface area contributed by atoms with Gasteiger partial charge in [-0.1, -0.05) is 19.9 Å². The van der Waals surface area contributed by atoms with E-state index in [-0.39, 0.29) is 17.7 Å². The molecule has 0 saturated carbocycles. The van der Waals surface area contributed by atoms with Crippen LogP contribution in [0.15, 0.2) is 48.9 Å². The first-order valence-electron chi connectivity index (χ1n) is 10.0. The number of aromatic nitrogens is 4. The van der Waals surface area contributed by atoms with E-state index in [0.29, 0.717) is 11.3 Å². The molecule has 1 aliphatic rings. The van der Waals surface area contributed by atoms with E-state index in [4.69, 9.17) is 4.98 Å². The Morgan fingerprint density at radius 1 is 1.10 bits per heavy atom. The zero-order valence-electron chi connectivity index (χ0n) is 16.8. The maximum Gasteiger partial charge on any atom is 0.161 e. The van der Waals surface area contributed by atoms with Crippen LogP contribution in [0.3, 0.4) is 0 Å². The number of halogens is 1. The molecule has 3 aromatic heterocycles. The van der Waals surface area contributed by atoms with Crippen molar-refractivity contribution in [3.8, 4) is 17.0 Å². The number of phenolic OH excluding ortho intramolecular Hbond substituents is 1. The lowest BCUT2D eigenvalue weighted by Gasteiger charge is -2.16. The van der Waals surface area contributed by atoms with Gasteiger partial charge in [0.15, 0.2) is 5.65 Å². The first kappa shape index (κ1) is 18.5. The van der Waals surface area contributed by atoms with Gasteiger partial charge < -0.3 is 10.4 Å². The SMILES string of the molecule is CC(C)c1cnn2c(N[C@H]3Cc4ccc(O)cc4C3)cc(-c3cncc(F)c3)nc12. The summed E-state index contributed by atoms with van der Waals surface area (Å²) >= 11 is 0. The minimum Gasteiger partial charge on any atom is -0.508 e. The molecular formula is C23H22FN5O. The Balaban J connectivity index is 1.57. The fourth-order valence-corrected chi connectivity index (χ4v) is 4.11. The monoisotopic (exact) mass is 403 g/mol. The summed E-state index contributed by atoms with van der Waals surface area (Å²) in [5, 5.41) is 17.9. The zero-order valence-corrected chi connectivity index (χ0v) is 16.8. The van der Waals surface area contributed by atoms with Gasteiger partial charge in [0.1, 0.15) is 17.4 Å². The molecule has 5 rings (SSSR count). The highest BCUT2D eigenvalue weighted by molar-refractivity contribution is 5.68. The highest BCUT2D eigenvalue weighted by Crippen LogP contribution is 2.30. The number of nitrogens with one attached hydrogen (secondary N) is 1. The molecule has 1 aromatic carbocycles. The first-order valence-corrected chi connectivity index (χ1v) is 10.0. The number of nitrogens with zero attached hydrogens (tertiary/aromatic N) is 4. The minimum atomic E-state index is -0.396. The predicted octanol–water partition coefficient (Wildman–Crippen LogP) is 4.34. The van der Waals surface area contributed by atoms with Crippen molar-refractivity contribution < 1.29 is 9.50 Å². The van der Waals surface area contributed by atoms with Crippen LogP contribution < -0.4 is 5.32 Å². The van der Waals surface area contributed by atoms with Gasteiger partial charge in [-0.25, -0.2) is 9.37 Å². The zero-order chi connectivity index (χ0) is 20.8. The van der Waals surface area contributed by atoms with E-state index in [0.717, 1.165) is 35.4 Å². The Bertz CT molecular complexity index is 1250. The van der Waals surface area contributed by atoms with Gasteiger partial charge in [-0.3, -0.25) is 4.98 Å². The second-order valence-corrected chi connectivity index (χ2v) is 8.11. The Hall–Kier alpha value is -3.48. The van der Waals surface area contributed by atoms with Gasteiger partial charge in [-0.05, 0) is 48.1 Å². The van der Waals surface area contributed by atoms with E-state index < -0.39 is 5.82 Å². The van der Waals surface area contributed by atoms with Crippen LogP contribution in [-0.4, -0.2) is 30.7 Å². The third kappa shape index (κ3) is 3.26. The molecule has 0 amide bonds. The second kappa shape index (κ2) is 7.09. The molecule has 7 heteroatoms. The van der Waals surface area contributed by atoms with Crippen LogP contribution in [0.25, 0.3) is 16.9 Å². The summed E-state index contributed by atoms with van der Waals surface area (Å²) in [4.78, 5) is 8.75. The average Bonchev–Trinajstić information content (AvgIpc) is 3.31. The summed E-state index contributed by atoms with van der Waals surface area (Å²) in [6.45, 7) is 4.20. The van der Waals surface area contributed by atoms with E-state index in [1.54, 1.807) is 12.3 Å². The summed E-state index contributed by atoms with van der Waals surface area (Å²) in [5.41, 5.74) is 5.43. The van der Waals surface area contributed by atoms with E-state index in [1.807, 2.05) is 28.9 Å². The first-order chi connectivity index (χ1) is 14.5. The Kier molecular flexibility index (Phi) is 4.38. The molecule has 0 bridgehead atoms. The Morgan fingerprint density at radius 2 is 1.93 bits per heavy atom. The van der Waals surface area contributed by atoms with E-state index in [1.165, 1.54) is 17.8 Å². The van der Waals surface area contributed by atoms with E-state index in [2.05, 4.69) is 29.2 Å². The third-order valence-electron chi connectivity index (χ3n) is 5.60. The van der Waals surface area contributed by atoms with Crippen LogP contribution in [0.5, 0.6) is 5.75 Å². The van der Waals surface area contributed by atoms with Gasteiger partial charge >= 0.3 is 0 Å². The molecule has 0 fully saturated rings. The lowest BCUT2D eigenvalue weighted by molar-refractivity contribution is 0.474. The number of rotatable bonds is 4. The number of anilines is 1. The molecule has 0 unspecified atom stereocenters. The lowest BCUT2D eigenvalue weighted by Crippen LogP contribution is -2.21. The average molecular weight is 403 g/mol. The molecule has 1 aliphatic carbocycles. The van der Waals surface area contributed by atoms with Crippen LogP contribution >= 0.6 is 0 Å². The largest absolute Gasteiger partial charge is 0.508 e. The van der Waals surface area contributed by atoms with E-state index >= 15 is 0 Å². The summed E-state index contributed by atoms with van der Waals surface area (Å²) in [7, 11) is 0. The second-order valence-electron chi connectivity index (χ2n) is 8.11. The third-order valence-corrected chi connectivity index (χ3v) is 5.60. The van der Waals surface area contributed by atoms with Crippen molar-refractivity contribution in [2.75, 3.05) is 5.32 Å². The highest BCUT2D eigenvalue weighted by Gasteiger charge is 2.23. The fraction of sp³-hybridized carbons (Fsp3) is 0.261. The number of fused-ring (bicyclic) bond motifs is 2. The van der Waals surface area contributed by atoms with Gasteiger partial charge in [0.2, 0.25) is 0 Å². The predicted molar refractivity (Wildman–Crippen MR) is 113 cm³/mol. The molecule has 4 aromatic rings. The van der Waals surface area contributed by atoms with Crippen molar-refractivity contribution in [2.45, 2.75) is 38.6 Å². The molecule has 2 N–H and O–H groups in total. The molecule has 1 atom stereocenters. The Labute approximate surface area is 173 Å². The molecule has 0 spiro atoms. The van der Waals surface area contributed by atoms with Crippen molar-refractivity contribution in [3.63, 3.8) is 0 Å². The van der Waals surface area contributed by atoms with Crippen molar-refractivity contribution >= 4 is 11.5 Å². The topological polar surface area (TPSA) is 75.3 Å². The molecule has 30 heavy (non-hydrogen) atoms. The van der Waals surface area contributed by atoms with Gasteiger partial charge in [-0.15, -0.1) is 0 Å². The standard InChI is InChI=1S/C23H22FN5O/c1-13(2)20-12-26-29-22(27-18-6-14-3-4-19(30)8-15(14)7-18)9-21(28-23(20)29)16-5-17(24)11-25-10-16/h3-5,8-13,18,27,30H,6-7H2,1-2H3/t18-/m0/s1. The quantitative estimate of drug-likeness (QED) is 0.530. The molecule has 152 valence electrons. The molecular weight excluding hydrogens is 381 g/mol. The van der Waals surface area contributed by atoms with Crippen LogP contribution in [0.4, 0.5) is 10.2 Å². The molecule has 6 nitrogen and oxygen atoms in total. The summed E-state index contributed by atoms with van der Waals surface area (Å²) < 4.78 is 15.6. The number of benzene rings is 1. The maximum absolute atomic E-state index is 13.8. The summed E-state index contributed by atoms with van der Waals surface area (Å²) in [6, 6.07) is 9.02. The van der Waals surface area contributed by atoms with Gasteiger partial charge in [0.05, 0.1) is 18.1 Å². The number of hydrogen-bond acceptors (Lipinski definition) is 5. The molecule has 0 aliphatic heterocycles. The smallest absolute Gasteiger partial charge is 0.161 e. The summed E-state index contributed by atoms with van der Waals surface area (Å²) in [5.74, 6) is 0.943. The van der Waals surface area contributed by atoms with Crippen molar-refractivity contribution in [3.05, 3.63) is 71.4 Å². The molecule has 0 saturated heterocycles.